The van der Waals surface area contributed by atoms with Crippen LogP contribution in [0.5, 0.6) is 17.4 Å². The maximum Gasteiger partial charge on any atom is 0.310 e. The average molecular weight is 691 g/mol. The van der Waals surface area contributed by atoms with Gasteiger partial charge >= 0.3 is 5.97 Å². The highest BCUT2D eigenvalue weighted by Gasteiger charge is 2.16. The largest absolute Gasteiger partial charge is 0.493 e. The van der Waals surface area contributed by atoms with Crippen molar-refractivity contribution in [2.24, 2.45) is 0 Å². The lowest BCUT2D eigenvalue weighted by molar-refractivity contribution is -0.142. The molecule has 50 heavy (non-hydrogen) atoms. The second kappa shape index (κ2) is 16.1. The number of para-hydroxylation sites is 1. The number of oxazole rings is 1. The number of aryl methyl sites for hydroxylation is 2. The van der Waals surface area contributed by atoms with Crippen LogP contribution in [0, 0.1) is 6.92 Å². The minimum absolute atomic E-state index is 0.188. The van der Waals surface area contributed by atoms with Crippen molar-refractivity contribution in [1.82, 2.24) is 19.7 Å². The lowest BCUT2D eigenvalue weighted by Crippen LogP contribution is -2.07. The van der Waals surface area contributed by atoms with E-state index < -0.39 is 0 Å². The van der Waals surface area contributed by atoms with E-state index >= 15 is 0 Å². The summed E-state index contributed by atoms with van der Waals surface area (Å²) >= 11 is 1.65. The van der Waals surface area contributed by atoms with E-state index in [0.29, 0.717) is 41.3 Å². The molecule has 0 aliphatic rings. The summed E-state index contributed by atoms with van der Waals surface area (Å²) in [5.41, 5.74) is 5.89. The zero-order chi connectivity index (χ0) is 34.9. The highest BCUT2D eigenvalue weighted by atomic mass is 32.1. The number of nitrogens with zero attached hydrogens (tertiary/aromatic N) is 4. The molecule has 10 nitrogen and oxygen atoms in total. The normalized spacial score (nSPS) is 11.2. The Balaban J connectivity index is 1.12. The number of aromatic nitrogens is 4. The summed E-state index contributed by atoms with van der Waals surface area (Å²) < 4.78 is 30.9. The van der Waals surface area contributed by atoms with Crippen LogP contribution in [0.4, 0.5) is 0 Å². The molecule has 256 valence electrons. The Bertz CT molecular complexity index is 2060. The number of rotatable bonds is 15. The quantitative estimate of drug-likeness (QED) is 0.0983. The average Bonchev–Trinajstić information content (AvgIpc) is 3.88. The van der Waals surface area contributed by atoms with E-state index in [-0.39, 0.29) is 25.6 Å². The van der Waals surface area contributed by atoms with Crippen molar-refractivity contribution in [3.05, 3.63) is 123 Å². The van der Waals surface area contributed by atoms with Crippen molar-refractivity contribution in [1.29, 1.82) is 0 Å². The van der Waals surface area contributed by atoms with E-state index in [9.17, 15) is 4.79 Å². The molecule has 6 aromatic rings. The molecule has 0 spiro atoms. The Labute approximate surface area is 295 Å². The van der Waals surface area contributed by atoms with Gasteiger partial charge in [0.2, 0.25) is 11.8 Å². The molecule has 3 aromatic heterocycles. The number of benzene rings is 3. The Morgan fingerprint density at radius 3 is 2.46 bits per heavy atom. The zero-order valence-electron chi connectivity index (χ0n) is 28.4. The van der Waals surface area contributed by atoms with Gasteiger partial charge in [-0.3, -0.25) is 4.79 Å². The molecular weight excluding hydrogens is 653 g/mol. The van der Waals surface area contributed by atoms with Crippen LogP contribution in [0.15, 0.2) is 88.8 Å². The van der Waals surface area contributed by atoms with Crippen LogP contribution < -0.4 is 14.2 Å². The second-order valence-corrected chi connectivity index (χ2v) is 12.2. The highest BCUT2D eigenvalue weighted by Crippen LogP contribution is 2.31. The van der Waals surface area contributed by atoms with Gasteiger partial charge in [0.25, 0.3) is 0 Å². The summed E-state index contributed by atoms with van der Waals surface area (Å²) in [5, 5.41) is 7.89. The number of hydrogen-bond acceptors (Lipinski definition) is 10. The molecule has 0 aliphatic heterocycles. The number of methoxy groups -OCH3 is 1. The van der Waals surface area contributed by atoms with Gasteiger partial charge in [-0.2, -0.15) is 0 Å². The molecule has 0 amide bonds. The first-order valence-corrected chi connectivity index (χ1v) is 17.2. The van der Waals surface area contributed by atoms with Gasteiger partial charge in [0.1, 0.15) is 24.7 Å². The zero-order valence-corrected chi connectivity index (χ0v) is 29.2. The summed E-state index contributed by atoms with van der Waals surface area (Å²) in [6, 6.07) is 23.1. The smallest absolute Gasteiger partial charge is 0.310 e. The van der Waals surface area contributed by atoms with Crippen LogP contribution in [0.25, 0.3) is 29.3 Å². The van der Waals surface area contributed by atoms with Crippen LogP contribution in [0.3, 0.4) is 0 Å². The first-order valence-electron chi connectivity index (χ1n) is 16.3. The maximum absolute atomic E-state index is 11.8. The summed E-state index contributed by atoms with van der Waals surface area (Å²) in [6.07, 6.45) is 7.03. The molecule has 0 bridgehead atoms. The molecule has 0 N–H and O–H groups in total. The van der Waals surface area contributed by atoms with Gasteiger partial charge < -0.3 is 23.4 Å². The molecule has 0 atom stereocenters. The number of ether oxygens (including phenoxy) is 4. The topological polar surface area (TPSA) is 111 Å². The van der Waals surface area contributed by atoms with Crippen molar-refractivity contribution in [3.63, 3.8) is 0 Å². The molecule has 0 fully saturated rings. The Kier molecular flexibility index (Phi) is 11.0. The summed E-state index contributed by atoms with van der Waals surface area (Å²) in [7, 11) is 1.60. The molecule has 6 rings (SSSR count). The van der Waals surface area contributed by atoms with Gasteiger partial charge in [-0.15, -0.1) is 16.4 Å². The lowest BCUT2D eigenvalue weighted by atomic mass is 10.1. The molecular formula is C39H38N4O6S. The summed E-state index contributed by atoms with van der Waals surface area (Å²) in [5.74, 6) is 2.50. The molecule has 0 aliphatic carbocycles. The van der Waals surface area contributed by atoms with Crippen LogP contribution in [0.1, 0.15) is 52.7 Å². The fourth-order valence-corrected chi connectivity index (χ4v) is 5.81. The van der Waals surface area contributed by atoms with E-state index in [1.54, 1.807) is 25.4 Å². The van der Waals surface area contributed by atoms with Crippen molar-refractivity contribution >= 4 is 29.5 Å². The molecule has 3 heterocycles. The van der Waals surface area contributed by atoms with E-state index in [4.69, 9.17) is 28.5 Å². The Hall–Kier alpha value is -5.68. The fraction of sp³-hybridized carbons (Fsp3) is 0.231. The number of hydrogen-bond donors (Lipinski definition) is 0. The highest BCUT2D eigenvalue weighted by molar-refractivity contribution is 7.09. The third-order valence-corrected chi connectivity index (χ3v) is 8.76. The van der Waals surface area contributed by atoms with Crippen molar-refractivity contribution in [2.75, 3.05) is 13.7 Å². The van der Waals surface area contributed by atoms with Crippen molar-refractivity contribution in [2.45, 2.75) is 46.8 Å². The molecule has 0 saturated heterocycles. The van der Waals surface area contributed by atoms with Crippen molar-refractivity contribution in [3.8, 4) is 34.5 Å². The first kappa shape index (κ1) is 34.2. The summed E-state index contributed by atoms with van der Waals surface area (Å²) in [6.45, 7) is 6.56. The van der Waals surface area contributed by atoms with Crippen LogP contribution >= 0.6 is 11.3 Å². The fourth-order valence-electron chi connectivity index (χ4n) is 5.10. The molecule has 11 heteroatoms. The minimum atomic E-state index is -0.256. The Morgan fingerprint density at radius 2 is 1.72 bits per heavy atom. The van der Waals surface area contributed by atoms with Crippen LogP contribution in [-0.2, 0) is 35.6 Å². The van der Waals surface area contributed by atoms with E-state index in [0.717, 1.165) is 45.1 Å². The molecule has 0 unspecified atom stereocenters. The molecule has 3 aromatic carbocycles. The number of carbonyl (C=O) groups excluding carboxylic acids is 1. The molecule has 0 saturated carbocycles. The predicted molar refractivity (Wildman–Crippen MR) is 193 cm³/mol. The van der Waals surface area contributed by atoms with Gasteiger partial charge in [-0.1, -0.05) is 43.3 Å². The number of esters is 1. The lowest BCUT2D eigenvalue weighted by Gasteiger charge is -2.12. The summed E-state index contributed by atoms with van der Waals surface area (Å²) in [4.78, 5) is 21.1. The van der Waals surface area contributed by atoms with Gasteiger partial charge in [0.05, 0.1) is 42.1 Å². The van der Waals surface area contributed by atoms with Gasteiger partial charge in [0, 0.05) is 17.1 Å². The van der Waals surface area contributed by atoms with Gasteiger partial charge in [-0.05, 0) is 79.9 Å². The number of thiazole rings is 1. The van der Waals surface area contributed by atoms with Crippen LogP contribution in [0.2, 0.25) is 0 Å². The standard InChI is InChI=1S/C39H38N4O6S/c1-5-36-40-31(25-50-36)18-17-30-22-43(32-10-8-7-9-11-32)42-39(30)48-23-28-14-19-34(35(20-28)45-4)47-24-33-26(3)49-38(41-33)29-15-12-27(13-16-29)21-37(44)46-6-2/h7-20,22,25H,5-6,21,23-24H2,1-4H3. The van der Waals surface area contributed by atoms with E-state index in [1.165, 1.54) is 0 Å². The van der Waals surface area contributed by atoms with Gasteiger partial charge in [-0.25, -0.2) is 14.6 Å². The third-order valence-electron chi connectivity index (χ3n) is 7.75. The van der Waals surface area contributed by atoms with E-state index in [1.807, 2.05) is 108 Å². The number of carbonyl (C=O) groups is 1. The molecule has 0 radical (unpaired) electrons. The monoisotopic (exact) mass is 690 g/mol. The predicted octanol–water partition coefficient (Wildman–Crippen LogP) is 8.30. The minimum Gasteiger partial charge on any atom is -0.493 e. The van der Waals surface area contributed by atoms with Gasteiger partial charge in [0.15, 0.2) is 11.5 Å². The SMILES string of the molecule is CCOC(=O)Cc1ccc(-c2nc(COc3ccc(COc4nn(-c5ccccc5)cc4C=Cc4csc(CC)n4)cc3OC)c(C)o2)cc1. The van der Waals surface area contributed by atoms with E-state index in [2.05, 4.69) is 16.9 Å². The van der Waals surface area contributed by atoms with Crippen molar-refractivity contribution < 1.29 is 28.2 Å². The Morgan fingerprint density at radius 1 is 0.920 bits per heavy atom. The third kappa shape index (κ3) is 8.48. The van der Waals surface area contributed by atoms with Crippen LogP contribution in [-0.4, -0.2) is 39.4 Å². The maximum atomic E-state index is 11.8. The first-order chi connectivity index (χ1) is 24.4. The second-order valence-electron chi connectivity index (χ2n) is 11.3.